The molecule has 1 rings (SSSR count). The fourth-order valence-electron chi connectivity index (χ4n) is 1.04. The second-order valence-corrected chi connectivity index (χ2v) is 2.67. The molecule has 0 aliphatic rings. The summed E-state index contributed by atoms with van der Waals surface area (Å²) in [4.78, 5) is 9.57. The standard InChI is InChI=1S/C10H8N2O3/c1-15-10-4-2-8(3-5-10)9(6-11)7-12(13)14/h2-5,7H,1H3/b9-7+. The van der Waals surface area contributed by atoms with Crippen LogP contribution in [0.5, 0.6) is 5.75 Å². The van der Waals surface area contributed by atoms with Crippen LogP contribution in [0.1, 0.15) is 5.56 Å². The fourth-order valence-corrected chi connectivity index (χ4v) is 1.04. The molecule has 15 heavy (non-hydrogen) atoms. The number of nitrogens with zero attached hydrogens (tertiary/aromatic N) is 2. The summed E-state index contributed by atoms with van der Waals surface area (Å²) in [5.41, 5.74) is 0.512. The van der Waals surface area contributed by atoms with Gasteiger partial charge in [0.05, 0.1) is 12.0 Å². The Morgan fingerprint density at radius 1 is 1.53 bits per heavy atom. The normalized spacial score (nSPS) is 10.5. The van der Waals surface area contributed by atoms with Gasteiger partial charge in [-0.05, 0) is 29.8 Å². The topological polar surface area (TPSA) is 76.2 Å². The van der Waals surface area contributed by atoms with E-state index in [1.165, 1.54) is 7.11 Å². The van der Waals surface area contributed by atoms with Gasteiger partial charge in [-0.1, -0.05) is 0 Å². The number of nitriles is 1. The van der Waals surface area contributed by atoms with E-state index in [0.717, 1.165) is 0 Å². The first-order chi connectivity index (χ1) is 7.17. The van der Waals surface area contributed by atoms with Crippen LogP contribution in [0.15, 0.2) is 30.5 Å². The molecule has 0 aromatic heterocycles. The van der Waals surface area contributed by atoms with Crippen molar-refractivity contribution in [3.63, 3.8) is 0 Å². The Morgan fingerprint density at radius 2 is 2.13 bits per heavy atom. The Labute approximate surface area is 86.4 Å². The Hall–Kier alpha value is -2.35. The molecule has 0 atom stereocenters. The molecule has 1 aromatic rings. The van der Waals surface area contributed by atoms with Crippen molar-refractivity contribution in [2.45, 2.75) is 0 Å². The molecule has 0 aliphatic carbocycles. The SMILES string of the molecule is COc1ccc(/C(C#N)=C/[N+](=O)[O-])cc1. The van der Waals surface area contributed by atoms with Crippen LogP contribution in [0, 0.1) is 21.4 Å². The molecule has 0 aliphatic heterocycles. The van der Waals surface area contributed by atoms with E-state index in [4.69, 9.17) is 10.00 Å². The number of hydrogen-bond donors (Lipinski definition) is 0. The number of nitro groups is 1. The molecule has 0 radical (unpaired) electrons. The lowest BCUT2D eigenvalue weighted by atomic mass is 10.1. The van der Waals surface area contributed by atoms with Gasteiger partial charge < -0.3 is 4.74 Å². The lowest BCUT2D eigenvalue weighted by molar-refractivity contribution is -0.401. The number of allylic oxidation sites excluding steroid dienone is 1. The van der Waals surface area contributed by atoms with E-state index in [-0.39, 0.29) is 5.57 Å². The van der Waals surface area contributed by atoms with Crippen molar-refractivity contribution in [1.29, 1.82) is 5.26 Å². The van der Waals surface area contributed by atoms with Crippen molar-refractivity contribution < 1.29 is 9.66 Å². The molecule has 0 fully saturated rings. The molecule has 76 valence electrons. The van der Waals surface area contributed by atoms with Crippen LogP contribution in [0.2, 0.25) is 0 Å². The van der Waals surface area contributed by atoms with Gasteiger partial charge >= 0.3 is 0 Å². The van der Waals surface area contributed by atoms with Gasteiger partial charge in [0.15, 0.2) is 0 Å². The van der Waals surface area contributed by atoms with E-state index in [9.17, 15) is 10.1 Å². The minimum absolute atomic E-state index is 0.0163. The Bertz CT molecular complexity index is 429. The highest BCUT2D eigenvalue weighted by atomic mass is 16.6. The maximum atomic E-state index is 10.2. The molecule has 5 heteroatoms. The van der Waals surface area contributed by atoms with Crippen LogP contribution in [-0.2, 0) is 0 Å². The van der Waals surface area contributed by atoms with Gasteiger partial charge in [0.2, 0.25) is 0 Å². The van der Waals surface area contributed by atoms with Crippen LogP contribution in [0.4, 0.5) is 0 Å². The Balaban J connectivity index is 3.05. The van der Waals surface area contributed by atoms with E-state index in [1.54, 1.807) is 30.3 Å². The third-order valence-electron chi connectivity index (χ3n) is 1.76. The van der Waals surface area contributed by atoms with Crippen molar-refractivity contribution in [1.82, 2.24) is 0 Å². The minimum Gasteiger partial charge on any atom is -0.497 e. The summed E-state index contributed by atoms with van der Waals surface area (Å²) < 4.78 is 4.93. The zero-order chi connectivity index (χ0) is 11.3. The van der Waals surface area contributed by atoms with Gasteiger partial charge in [-0.25, -0.2) is 0 Å². The summed E-state index contributed by atoms with van der Waals surface area (Å²) in [6.07, 6.45) is 0.682. The lowest BCUT2D eigenvalue weighted by Crippen LogP contribution is -1.89. The zero-order valence-corrected chi connectivity index (χ0v) is 8.01. The summed E-state index contributed by atoms with van der Waals surface area (Å²) in [5.74, 6) is 0.636. The highest BCUT2D eigenvalue weighted by Gasteiger charge is 2.05. The van der Waals surface area contributed by atoms with Gasteiger partial charge in [-0.2, -0.15) is 5.26 Å². The van der Waals surface area contributed by atoms with E-state index < -0.39 is 4.92 Å². The van der Waals surface area contributed by atoms with Crippen LogP contribution < -0.4 is 4.74 Å². The number of hydrogen-bond acceptors (Lipinski definition) is 4. The lowest BCUT2D eigenvalue weighted by Gasteiger charge is -2.00. The van der Waals surface area contributed by atoms with E-state index >= 15 is 0 Å². The highest BCUT2D eigenvalue weighted by Crippen LogP contribution is 2.17. The molecule has 0 spiro atoms. The molecule has 0 saturated heterocycles. The van der Waals surface area contributed by atoms with Crippen LogP contribution in [-0.4, -0.2) is 12.0 Å². The average Bonchev–Trinajstić information content (AvgIpc) is 2.26. The van der Waals surface area contributed by atoms with E-state index in [1.807, 2.05) is 0 Å². The number of ether oxygens (including phenoxy) is 1. The quantitative estimate of drug-likeness (QED) is 0.427. The predicted molar refractivity (Wildman–Crippen MR) is 53.6 cm³/mol. The summed E-state index contributed by atoms with van der Waals surface area (Å²) in [6, 6.07) is 8.23. The monoisotopic (exact) mass is 204 g/mol. The number of benzene rings is 1. The first-order valence-electron chi connectivity index (χ1n) is 4.07. The second kappa shape index (κ2) is 4.77. The molecule has 0 unspecified atom stereocenters. The number of rotatable bonds is 3. The number of methoxy groups -OCH3 is 1. The maximum Gasteiger partial charge on any atom is 0.252 e. The van der Waals surface area contributed by atoms with Crippen LogP contribution >= 0.6 is 0 Å². The summed E-state index contributed by atoms with van der Waals surface area (Å²) in [5, 5.41) is 18.9. The molecule has 0 heterocycles. The molecular formula is C10H8N2O3. The third-order valence-corrected chi connectivity index (χ3v) is 1.76. The summed E-state index contributed by atoms with van der Waals surface area (Å²) >= 11 is 0. The maximum absolute atomic E-state index is 10.2. The van der Waals surface area contributed by atoms with Crippen LogP contribution in [0.3, 0.4) is 0 Å². The first-order valence-corrected chi connectivity index (χ1v) is 4.07. The van der Waals surface area contributed by atoms with Crippen molar-refractivity contribution in [2.24, 2.45) is 0 Å². The van der Waals surface area contributed by atoms with Gasteiger partial charge in [0, 0.05) is 0 Å². The minimum atomic E-state index is -0.650. The Morgan fingerprint density at radius 3 is 2.53 bits per heavy atom. The molecule has 0 saturated carbocycles. The second-order valence-electron chi connectivity index (χ2n) is 2.67. The molecule has 0 bridgehead atoms. The van der Waals surface area contributed by atoms with Crippen molar-refractivity contribution in [3.05, 3.63) is 46.1 Å². The highest BCUT2D eigenvalue weighted by molar-refractivity contribution is 5.75. The predicted octanol–water partition coefficient (Wildman–Crippen LogP) is 1.84. The van der Waals surface area contributed by atoms with Crippen molar-refractivity contribution in [3.8, 4) is 11.8 Å². The smallest absolute Gasteiger partial charge is 0.252 e. The van der Waals surface area contributed by atoms with E-state index in [2.05, 4.69) is 0 Å². The molecular weight excluding hydrogens is 196 g/mol. The zero-order valence-electron chi connectivity index (χ0n) is 8.01. The molecule has 1 aromatic carbocycles. The van der Waals surface area contributed by atoms with Gasteiger partial charge in [0.25, 0.3) is 6.20 Å². The Kier molecular flexibility index (Phi) is 3.41. The first kappa shape index (κ1) is 10.7. The van der Waals surface area contributed by atoms with E-state index in [0.29, 0.717) is 17.5 Å². The summed E-state index contributed by atoms with van der Waals surface area (Å²) in [6.45, 7) is 0. The van der Waals surface area contributed by atoms with Gasteiger partial charge in [0.1, 0.15) is 17.4 Å². The van der Waals surface area contributed by atoms with Crippen molar-refractivity contribution in [2.75, 3.05) is 7.11 Å². The molecule has 0 N–H and O–H groups in total. The third kappa shape index (κ3) is 2.81. The fraction of sp³-hybridized carbons (Fsp3) is 0.100. The largest absolute Gasteiger partial charge is 0.497 e. The summed E-state index contributed by atoms with van der Waals surface area (Å²) in [7, 11) is 1.52. The van der Waals surface area contributed by atoms with Gasteiger partial charge in [-0.15, -0.1) is 0 Å². The van der Waals surface area contributed by atoms with Crippen molar-refractivity contribution >= 4 is 5.57 Å². The molecule has 0 amide bonds. The van der Waals surface area contributed by atoms with Gasteiger partial charge in [-0.3, -0.25) is 10.1 Å². The average molecular weight is 204 g/mol. The molecule has 5 nitrogen and oxygen atoms in total. The van der Waals surface area contributed by atoms with Crippen LogP contribution in [0.25, 0.3) is 5.57 Å².